The van der Waals surface area contributed by atoms with Gasteiger partial charge in [0.1, 0.15) is 5.60 Å². The molecule has 0 bridgehead atoms. The summed E-state index contributed by atoms with van der Waals surface area (Å²) in [5, 5.41) is 5.41. The van der Waals surface area contributed by atoms with E-state index < -0.39 is 11.7 Å². The van der Waals surface area contributed by atoms with Crippen LogP contribution in [-0.4, -0.2) is 43.9 Å². The van der Waals surface area contributed by atoms with Crippen molar-refractivity contribution in [2.75, 3.05) is 26.3 Å². The number of amides is 2. The van der Waals surface area contributed by atoms with Gasteiger partial charge in [-0.3, -0.25) is 4.79 Å². The van der Waals surface area contributed by atoms with Crippen molar-refractivity contribution in [3.05, 3.63) is 23.8 Å². The molecule has 0 spiro atoms. The van der Waals surface area contributed by atoms with E-state index in [9.17, 15) is 9.59 Å². The zero-order valence-electron chi connectivity index (χ0n) is 17.0. The molecule has 7 heteroatoms. The fourth-order valence-electron chi connectivity index (χ4n) is 2.28. The van der Waals surface area contributed by atoms with E-state index in [2.05, 4.69) is 10.6 Å². The van der Waals surface area contributed by atoms with Crippen LogP contribution in [0.3, 0.4) is 0 Å². The molecule has 0 heterocycles. The molecule has 152 valence electrons. The second-order valence-corrected chi connectivity index (χ2v) is 6.93. The molecule has 0 aliphatic carbocycles. The van der Waals surface area contributed by atoms with Crippen molar-refractivity contribution in [3.63, 3.8) is 0 Å². The Morgan fingerprint density at radius 1 is 0.963 bits per heavy atom. The first-order chi connectivity index (χ1) is 12.7. The minimum Gasteiger partial charge on any atom is -0.490 e. The summed E-state index contributed by atoms with van der Waals surface area (Å²) in [6, 6.07) is 5.78. The molecule has 1 aromatic rings. The Labute approximate surface area is 161 Å². The summed E-state index contributed by atoms with van der Waals surface area (Å²) >= 11 is 0. The summed E-state index contributed by atoms with van der Waals surface area (Å²) in [5.41, 5.74) is 0.499. The van der Waals surface area contributed by atoms with Crippen molar-refractivity contribution in [2.24, 2.45) is 0 Å². The van der Waals surface area contributed by atoms with Gasteiger partial charge in [0.2, 0.25) is 5.91 Å². The predicted octanol–water partition coefficient (Wildman–Crippen LogP) is 3.06. The maximum atomic E-state index is 11.9. The minimum atomic E-state index is -0.551. The third-order valence-electron chi connectivity index (χ3n) is 3.36. The summed E-state index contributed by atoms with van der Waals surface area (Å²) in [6.07, 6.45) is 0.359. The number of benzene rings is 1. The predicted molar refractivity (Wildman–Crippen MR) is 104 cm³/mol. The van der Waals surface area contributed by atoms with Gasteiger partial charge in [-0.05, 0) is 58.7 Å². The average Bonchev–Trinajstić information content (AvgIpc) is 2.56. The maximum Gasteiger partial charge on any atom is 0.407 e. The Morgan fingerprint density at radius 2 is 1.63 bits per heavy atom. The Kier molecular flexibility index (Phi) is 9.47. The molecular formula is C20H32N2O5. The van der Waals surface area contributed by atoms with Crippen LogP contribution in [0.5, 0.6) is 11.5 Å². The van der Waals surface area contributed by atoms with Crippen LogP contribution in [0, 0.1) is 0 Å². The smallest absolute Gasteiger partial charge is 0.407 e. The van der Waals surface area contributed by atoms with E-state index in [4.69, 9.17) is 14.2 Å². The average molecular weight is 380 g/mol. The molecule has 2 N–H and O–H groups in total. The molecule has 1 aromatic carbocycles. The van der Waals surface area contributed by atoms with E-state index in [1.54, 1.807) is 20.8 Å². The summed E-state index contributed by atoms with van der Waals surface area (Å²) in [7, 11) is 0. The van der Waals surface area contributed by atoms with Crippen LogP contribution >= 0.6 is 0 Å². The number of rotatable bonds is 10. The SMILES string of the molecule is CCOc1ccc(CCNC(=O)CCNC(=O)OC(C)(C)C)cc1OCC. The zero-order valence-corrected chi connectivity index (χ0v) is 17.0. The highest BCUT2D eigenvalue weighted by Crippen LogP contribution is 2.28. The van der Waals surface area contributed by atoms with Gasteiger partial charge in [0.15, 0.2) is 11.5 Å². The molecule has 0 atom stereocenters. The summed E-state index contributed by atoms with van der Waals surface area (Å²) < 4.78 is 16.3. The molecule has 0 fully saturated rings. The molecule has 1 rings (SSSR count). The van der Waals surface area contributed by atoms with Gasteiger partial charge in [-0.15, -0.1) is 0 Å². The van der Waals surface area contributed by atoms with Gasteiger partial charge in [0, 0.05) is 19.5 Å². The van der Waals surface area contributed by atoms with Gasteiger partial charge >= 0.3 is 6.09 Å². The summed E-state index contributed by atoms with van der Waals surface area (Å²) in [6.45, 7) is 11.1. The van der Waals surface area contributed by atoms with Crippen LogP contribution in [0.15, 0.2) is 18.2 Å². The van der Waals surface area contributed by atoms with Crippen LogP contribution in [-0.2, 0) is 16.0 Å². The zero-order chi connectivity index (χ0) is 20.3. The van der Waals surface area contributed by atoms with Crippen molar-refractivity contribution in [1.29, 1.82) is 0 Å². The van der Waals surface area contributed by atoms with Crippen LogP contribution in [0.4, 0.5) is 4.79 Å². The Morgan fingerprint density at radius 3 is 2.26 bits per heavy atom. The Hall–Kier alpha value is -2.44. The standard InChI is InChI=1S/C20H32N2O5/c1-6-25-16-9-8-15(14-17(16)26-7-2)10-12-21-18(23)11-13-22-19(24)27-20(3,4)5/h8-9,14H,6-7,10-13H2,1-5H3,(H,21,23)(H,22,24). The van der Waals surface area contributed by atoms with E-state index in [1.165, 1.54) is 0 Å². The monoisotopic (exact) mass is 380 g/mol. The fourth-order valence-corrected chi connectivity index (χ4v) is 2.28. The van der Waals surface area contributed by atoms with Gasteiger partial charge in [-0.25, -0.2) is 4.79 Å². The number of hydrogen-bond donors (Lipinski definition) is 2. The van der Waals surface area contributed by atoms with Gasteiger partial charge in [-0.1, -0.05) is 6.07 Å². The first-order valence-electron chi connectivity index (χ1n) is 9.37. The third-order valence-corrected chi connectivity index (χ3v) is 3.36. The highest BCUT2D eigenvalue weighted by atomic mass is 16.6. The normalized spacial score (nSPS) is 10.9. The Bertz CT molecular complexity index is 611. The van der Waals surface area contributed by atoms with Crippen molar-refractivity contribution in [2.45, 2.75) is 53.1 Å². The first-order valence-corrected chi connectivity index (χ1v) is 9.37. The summed E-state index contributed by atoms with van der Waals surface area (Å²) in [5.74, 6) is 1.31. The number of carbonyl (C=O) groups excluding carboxylic acids is 2. The van der Waals surface area contributed by atoms with Crippen LogP contribution in [0.2, 0.25) is 0 Å². The van der Waals surface area contributed by atoms with Crippen molar-refractivity contribution >= 4 is 12.0 Å². The van der Waals surface area contributed by atoms with E-state index in [0.717, 1.165) is 11.3 Å². The second-order valence-electron chi connectivity index (χ2n) is 6.93. The molecule has 7 nitrogen and oxygen atoms in total. The van der Waals surface area contributed by atoms with Crippen molar-refractivity contribution in [3.8, 4) is 11.5 Å². The van der Waals surface area contributed by atoms with Gasteiger partial charge in [0.05, 0.1) is 13.2 Å². The van der Waals surface area contributed by atoms with Gasteiger partial charge in [0.25, 0.3) is 0 Å². The highest BCUT2D eigenvalue weighted by Gasteiger charge is 2.15. The van der Waals surface area contributed by atoms with E-state index in [1.807, 2.05) is 32.0 Å². The van der Waals surface area contributed by atoms with E-state index in [-0.39, 0.29) is 18.9 Å². The number of hydrogen-bond acceptors (Lipinski definition) is 5. The van der Waals surface area contributed by atoms with Gasteiger partial charge < -0.3 is 24.8 Å². The molecule has 0 unspecified atom stereocenters. The maximum absolute atomic E-state index is 11.9. The van der Waals surface area contributed by atoms with E-state index >= 15 is 0 Å². The molecular weight excluding hydrogens is 348 g/mol. The number of carbonyl (C=O) groups is 2. The lowest BCUT2D eigenvalue weighted by Crippen LogP contribution is -2.35. The third kappa shape index (κ3) is 9.72. The van der Waals surface area contributed by atoms with Gasteiger partial charge in [-0.2, -0.15) is 0 Å². The summed E-state index contributed by atoms with van der Waals surface area (Å²) in [4.78, 5) is 23.4. The second kappa shape index (κ2) is 11.3. The van der Waals surface area contributed by atoms with Crippen LogP contribution in [0.25, 0.3) is 0 Å². The van der Waals surface area contributed by atoms with Crippen LogP contribution in [0.1, 0.15) is 46.6 Å². The molecule has 0 saturated carbocycles. The Balaban J connectivity index is 2.34. The number of nitrogens with one attached hydrogen (secondary N) is 2. The largest absolute Gasteiger partial charge is 0.490 e. The van der Waals surface area contributed by atoms with Crippen LogP contribution < -0.4 is 20.1 Å². The fraction of sp³-hybridized carbons (Fsp3) is 0.600. The van der Waals surface area contributed by atoms with E-state index in [0.29, 0.717) is 31.9 Å². The minimum absolute atomic E-state index is 0.123. The number of alkyl carbamates (subject to hydrolysis) is 1. The molecule has 0 aliphatic rings. The lowest BCUT2D eigenvalue weighted by Gasteiger charge is -2.19. The lowest BCUT2D eigenvalue weighted by atomic mass is 10.1. The molecule has 0 aliphatic heterocycles. The lowest BCUT2D eigenvalue weighted by molar-refractivity contribution is -0.120. The number of ether oxygens (including phenoxy) is 3. The molecule has 0 radical (unpaired) electrons. The van der Waals surface area contributed by atoms with Crippen molar-refractivity contribution < 1.29 is 23.8 Å². The topological polar surface area (TPSA) is 85.9 Å². The van der Waals surface area contributed by atoms with Crippen molar-refractivity contribution in [1.82, 2.24) is 10.6 Å². The molecule has 0 saturated heterocycles. The highest BCUT2D eigenvalue weighted by molar-refractivity contribution is 5.77. The molecule has 27 heavy (non-hydrogen) atoms. The first kappa shape index (κ1) is 22.6. The molecule has 0 aromatic heterocycles. The quantitative estimate of drug-likeness (QED) is 0.652. The molecule has 2 amide bonds.